The van der Waals surface area contributed by atoms with E-state index in [0.29, 0.717) is 0 Å². The van der Waals surface area contributed by atoms with Gasteiger partial charge in [0.2, 0.25) is 0 Å². The number of hydrogen-bond acceptors (Lipinski definition) is 2. The van der Waals surface area contributed by atoms with Gasteiger partial charge in [-0.1, -0.05) is 231 Å². The first-order valence-electron chi connectivity index (χ1n) is 26.7. The van der Waals surface area contributed by atoms with Crippen molar-refractivity contribution < 1.29 is 4.42 Å². The fourth-order valence-corrected chi connectivity index (χ4v) is 13.2. The molecule has 12 aromatic carbocycles. The molecule has 0 radical (unpaired) electrons. The van der Waals surface area contributed by atoms with E-state index in [9.17, 15) is 0 Å². The van der Waals surface area contributed by atoms with E-state index in [1.807, 2.05) is 6.07 Å². The zero-order chi connectivity index (χ0) is 51.2. The van der Waals surface area contributed by atoms with Crippen molar-refractivity contribution in [3.63, 3.8) is 0 Å². The van der Waals surface area contributed by atoms with Crippen LogP contribution in [0.5, 0.6) is 0 Å². The summed E-state index contributed by atoms with van der Waals surface area (Å²) < 4.78 is 6.47. The van der Waals surface area contributed by atoms with E-state index in [4.69, 9.17) is 4.42 Å². The SMILES string of the molecule is Cc1cc(-c2cccc3c2oc2ccccc23)ccc1-c1ccc(N(c2ccc(-c3ccccc3)cc2)c2cccc(-c3cccc4c3-c3ccccc3C43c4ccccc4-c4ccccc4-c4ccccc43)c2)cc1C. The first-order chi connectivity index (χ1) is 38.0. The predicted molar refractivity (Wildman–Crippen MR) is 321 cm³/mol. The molecule has 2 heteroatoms. The van der Waals surface area contributed by atoms with Gasteiger partial charge in [0.1, 0.15) is 11.2 Å². The Balaban J connectivity index is 0.867. The fraction of sp³-hybridized carbons (Fsp3) is 0.0400. The van der Waals surface area contributed by atoms with Crippen molar-refractivity contribution in [1.29, 1.82) is 0 Å². The normalized spacial score (nSPS) is 12.6. The summed E-state index contributed by atoms with van der Waals surface area (Å²) >= 11 is 0. The molecule has 1 aromatic heterocycles. The Hall–Kier alpha value is -9.76. The first-order valence-corrected chi connectivity index (χ1v) is 26.7. The molecule has 15 rings (SSSR count). The van der Waals surface area contributed by atoms with Crippen LogP contribution in [0.25, 0.3) is 99.8 Å². The third kappa shape index (κ3) is 6.89. The second-order valence-corrected chi connectivity index (χ2v) is 20.8. The molecule has 0 unspecified atom stereocenters. The van der Waals surface area contributed by atoms with Gasteiger partial charge < -0.3 is 9.32 Å². The summed E-state index contributed by atoms with van der Waals surface area (Å²) in [5.41, 5.74) is 29.3. The van der Waals surface area contributed by atoms with Gasteiger partial charge in [0.15, 0.2) is 0 Å². The molecule has 2 nitrogen and oxygen atoms in total. The second kappa shape index (κ2) is 17.7. The first kappa shape index (κ1) is 44.7. The van der Waals surface area contributed by atoms with E-state index in [1.54, 1.807) is 0 Å². The summed E-state index contributed by atoms with van der Waals surface area (Å²) in [6.07, 6.45) is 0. The number of furan rings is 1. The second-order valence-electron chi connectivity index (χ2n) is 20.8. The van der Waals surface area contributed by atoms with Crippen LogP contribution in [0.2, 0.25) is 0 Å². The Labute approximate surface area is 449 Å². The topological polar surface area (TPSA) is 16.4 Å². The maximum atomic E-state index is 6.47. The number of para-hydroxylation sites is 2. The van der Waals surface area contributed by atoms with Crippen LogP contribution in [-0.4, -0.2) is 0 Å². The molecule has 2 aliphatic rings. The van der Waals surface area contributed by atoms with E-state index in [-0.39, 0.29) is 0 Å². The van der Waals surface area contributed by atoms with Crippen molar-refractivity contribution in [2.75, 3.05) is 4.90 Å². The van der Waals surface area contributed by atoms with Crippen molar-refractivity contribution in [2.24, 2.45) is 0 Å². The predicted octanol–water partition coefficient (Wildman–Crippen LogP) is 20.4. The molecule has 2 aliphatic carbocycles. The highest BCUT2D eigenvalue weighted by molar-refractivity contribution is 6.10. The minimum Gasteiger partial charge on any atom is -0.455 e. The molecule has 0 fully saturated rings. The summed E-state index contributed by atoms with van der Waals surface area (Å²) in [5.74, 6) is 0. The van der Waals surface area contributed by atoms with Gasteiger partial charge in [-0.3, -0.25) is 0 Å². The monoisotopic (exact) mass is 981 g/mol. The van der Waals surface area contributed by atoms with Crippen molar-refractivity contribution in [3.05, 3.63) is 306 Å². The lowest BCUT2D eigenvalue weighted by molar-refractivity contribution is 0.670. The Morgan fingerprint density at radius 2 is 0.753 bits per heavy atom. The Kier molecular flexibility index (Phi) is 10.3. The molecule has 1 heterocycles. The maximum absolute atomic E-state index is 6.47. The zero-order valence-electron chi connectivity index (χ0n) is 42.8. The van der Waals surface area contributed by atoms with Gasteiger partial charge >= 0.3 is 0 Å². The summed E-state index contributed by atoms with van der Waals surface area (Å²) in [6, 6.07) is 101. The van der Waals surface area contributed by atoms with Gasteiger partial charge in [0.05, 0.1) is 5.41 Å². The molecule has 0 N–H and O–H groups in total. The fourth-order valence-electron chi connectivity index (χ4n) is 13.2. The maximum Gasteiger partial charge on any atom is 0.143 e. The van der Waals surface area contributed by atoms with Crippen LogP contribution in [-0.2, 0) is 5.41 Å². The van der Waals surface area contributed by atoms with Gasteiger partial charge in [0.25, 0.3) is 0 Å². The average Bonchev–Trinajstić information content (AvgIpc) is 4.08. The molecule has 0 saturated carbocycles. The molecule has 362 valence electrons. The summed E-state index contributed by atoms with van der Waals surface area (Å²) in [4.78, 5) is 2.42. The van der Waals surface area contributed by atoms with E-state index >= 15 is 0 Å². The van der Waals surface area contributed by atoms with E-state index in [1.165, 1.54) is 94.6 Å². The Bertz CT molecular complexity index is 4410. The van der Waals surface area contributed by atoms with Crippen molar-refractivity contribution in [1.82, 2.24) is 0 Å². The van der Waals surface area contributed by atoms with Crippen LogP contribution in [0.4, 0.5) is 17.1 Å². The molecule has 0 atom stereocenters. The third-order valence-electron chi connectivity index (χ3n) is 16.6. The number of benzene rings is 12. The number of anilines is 3. The van der Waals surface area contributed by atoms with Crippen molar-refractivity contribution >= 4 is 39.0 Å². The zero-order valence-corrected chi connectivity index (χ0v) is 42.8. The molecule has 0 amide bonds. The van der Waals surface area contributed by atoms with Crippen LogP contribution in [0.3, 0.4) is 0 Å². The average molecular weight is 982 g/mol. The van der Waals surface area contributed by atoms with Gasteiger partial charge in [-0.2, -0.15) is 0 Å². The number of aryl methyl sites for hydroxylation is 2. The number of nitrogens with zero attached hydrogens (tertiary/aromatic N) is 1. The third-order valence-corrected chi connectivity index (χ3v) is 16.6. The van der Waals surface area contributed by atoms with Crippen LogP contribution < -0.4 is 4.90 Å². The van der Waals surface area contributed by atoms with Crippen molar-refractivity contribution in [3.8, 4) is 77.9 Å². The quantitative estimate of drug-likeness (QED) is 0.158. The number of rotatable bonds is 7. The smallest absolute Gasteiger partial charge is 0.143 e. The van der Waals surface area contributed by atoms with Crippen LogP contribution in [0, 0.1) is 13.8 Å². The van der Waals surface area contributed by atoms with Gasteiger partial charge in [-0.05, 0) is 162 Å². The van der Waals surface area contributed by atoms with Crippen LogP contribution in [0.15, 0.2) is 277 Å². The van der Waals surface area contributed by atoms with Crippen LogP contribution >= 0.6 is 0 Å². The number of fused-ring (bicyclic) bond motifs is 15. The minimum absolute atomic E-state index is 0.557. The van der Waals surface area contributed by atoms with E-state index in [0.717, 1.165) is 55.7 Å². The summed E-state index contributed by atoms with van der Waals surface area (Å²) in [7, 11) is 0. The van der Waals surface area contributed by atoms with Gasteiger partial charge in [-0.15, -0.1) is 0 Å². The molecule has 0 bridgehead atoms. The summed E-state index contributed by atoms with van der Waals surface area (Å²) in [5, 5.41) is 2.28. The van der Waals surface area contributed by atoms with E-state index < -0.39 is 5.41 Å². The largest absolute Gasteiger partial charge is 0.455 e. The molecule has 0 saturated heterocycles. The molecular weight excluding hydrogens is 931 g/mol. The highest BCUT2D eigenvalue weighted by Crippen LogP contribution is 2.63. The lowest BCUT2D eigenvalue weighted by atomic mass is 9.66. The lowest BCUT2D eigenvalue weighted by Crippen LogP contribution is -2.29. The number of hydrogen-bond donors (Lipinski definition) is 0. The molecular formula is C75H51NO. The Morgan fingerprint density at radius 3 is 1.47 bits per heavy atom. The summed E-state index contributed by atoms with van der Waals surface area (Å²) in [6.45, 7) is 4.47. The lowest BCUT2D eigenvalue weighted by Gasteiger charge is -2.35. The molecule has 77 heavy (non-hydrogen) atoms. The van der Waals surface area contributed by atoms with Crippen LogP contribution in [0.1, 0.15) is 33.4 Å². The van der Waals surface area contributed by atoms with Crippen molar-refractivity contribution in [2.45, 2.75) is 19.3 Å². The van der Waals surface area contributed by atoms with Gasteiger partial charge in [-0.25, -0.2) is 0 Å². The molecule has 0 aliphatic heterocycles. The minimum atomic E-state index is -0.557. The Morgan fingerprint density at radius 1 is 0.286 bits per heavy atom. The van der Waals surface area contributed by atoms with E-state index in [2.05, 4.69) is 286 Å². The standard InChI is InChI=1S/C75H51NO/c1-48-45-53(60-30-17-31-66-65-27-11-15-36-72(65)77-74(60)66)39-43-57(48)58-44-42-56(46-49(58)2)76(54-40-37-51(38-41-54)50-19-4-3-5-20-50)55-22-16-21-52(47-55)59-29-18-35-71-73(59)67-28-10-14-34-70(67)75(71)68-32-12-8-25-63(68)61-23-6-7-24-62(61)64-26-9-13-33-69(64)75/h3-47H,1-2H3. The molecule has 13 aromatic rings. The highest BCUT2D eigenvalue weighted by atomic mass is 16.3. The van der Waals surface area contributed by atoms with Gasteiger partial charge in [0, 0.05) is 33.4 Å². The molecule has 1 spiro atoms. The highest BCUT2D eigenvalue weighted by Gasteiger charge is 2.50.